The lowest BCUT2D eigenvalue weighted by Gasteiger charge is -2.23. The van der Waals surface area contributed by atoms with E-state index in [-0.39, 0.29) is 13.2 Å². The number of nitrogens with zero attached hydrogens (tertiary/aromatic N) is 4. The Balaban J connectivity index is 2.62. The average Bonchev–Trinajstić information content (AvgIpc) is 2.60. The van der Waals surface area contributed by atoms with Gasteiger partial charge in [0.2, 0.25) is 0 Å². The third kappa shape index (κ3) is 6.89. The Kier molecular flexibility index (Phi) is 9.33. The van der Waals surface area contributed by atoms with Crippen LogP contribution in [0.2, 0.25) is 0 Å². The summed E-state index contributed by atoms with van der Waals surface area (Å²) in [6, 6.07) is 7.88. The van der Waals surface area contributed by atoms with Gasteiger partial charge in [-0.25, -0.2) is 0 Å². The van der Waals surface area contributed by atoms with Crippen molar-refractivity contribution in [3.8, 4) is 0 Å². The average molecular weight is 335 g/mol. The number of hydrogen-bond donors (Lipinski definition) is 3. The molecule has 0 aliphatic rings. The Hall–Kier alpha value is -2.25. The van der Waals surface area contributed by atoms with E-state index in [4.69, 9.17) is 10.2 Å². The largest absolute Gasteiger partial charge is 0.395 e. The molecule has 24 heavy (non-hydrogen) atoms. The zero-order valence-corrected chi connectivity index (χ0v) is 14.8. The molecule has 0 aromatic heterocycles. The standard InChI is InChI=1S/C17H29N5O2/c1-18-8-10-20(2)11-9-19-21(3)16-4-6-17(7-5-16)22(12-14-23)13-15-24/h4-10,18,23-24H,11-15H2,1-3H3/b10-8-,19-9+. The van der Waals surface area contributed by atoms with Crippen molar-refractivity contribution in [3.05, 3.63) is 36.7 Å². The second-order valence-corrected chi connectivity index (χ2v) is 5.32. The molecule has 0 aliphatic carbocycles. The lowest BCUT2D eigenvalue weighted by atomic mass is 10.2. The van der Waals surface area contributed by atoms with Gasteiger partial charge < -0.3 is 25.3 Å². The van der Waals surface area contributed by atoms with E-state index in [0.29, 0.717) is 19.6 Å². The van der Waals surface area contributed by atoms with Gasteiger partial charge in [0.1, 0.15) is 0 Å². The first-order chi connectivity index (χ1) is 11.6. The van der Waals surface area contributed by atoms with Crippen molar-refractivity contribution in [2.45, 2.75) is 0 Å². The molecule has 1 rings (SSSR count). The summed E-state index contributed by atoms with van der Waals surface area (Å²) in [4.78, 5) is 3.95. The summed E-state index contributed by atoms with van der Waals surface area (Å²) in [5.74, 6) is 0. The maximum atomic E-state index is 9.10. The zero-order chi connectivity index (χ0) is 17.8. The Labute approximate surface area is 144 Å². The summed E-state index contributed by atoms with van der Waals surface area (Å²) >= 11 is 0. The van der Waals surface area contributed by atoms with Crippen molar-refractivity contribution in [2.75, 3.05) is 63.9 Å². The van der Waals surface area contributed by atoms with Crippen LogP contribution in [0, 0.1) is 0 Å². The Morgan fingerprint density at radius 1 is 1.04 bits per heavy atom. The topological polar surface area (TPSA) is 74.6 Å². The molecule has 0 unspecified atom stereocenters. The molecule has 1 aromatic carbocycles. The van der Waals surface area contributed by atoms with Gasteiger partial charge in [0.05, 0.1) is 25.4 Å². The monoisotopic (exact) mass is 335 g/mol. The van der Waals surface area contributed by atoms with E-state index in [1.807, 2.05) is 78.8 Å². The predicted molar refractivity (Wildman–Crippen MR) is 101 cm³/mol. The van der Waals surface area contributed by atoms with E-state index in [1.54, 1.807) is 0 Å². The summed E-state index contributed by atoms with van der Waals surface area (Å²) in [7, 11) is 5.73. The molecule has 0 bridgehead atoms. The van der Waals surface area contributed by atoms with Crippen molar-refractivity contribution in [3.63, 3.8) is 0 Å². The maximum absolute atomic E-state index is 9.10. The van der Waals surface area contributed by atoms with Crippen molar-refractivity contribution >= 4 is 17.6 Å². The van der Waals surface area contributed by atoms with E-state index in [1.165, 1.54) is 0 Å². The first-order valence-electron chi connectivity index (χ1n) is 7.99. The van der Waals surface area contributed by atoms with Gasteiger partial charge >= 0.3 is 0 Å². The van der Waals surface area contributed by atoms with E-state index in [0.717, 1.165) is 11.4 Å². The van der Waals surface area contributed by atoms with Crippen LogP contribution in [-0.4, -0.2) is 75.3 Å². The second-order valence-electron chi connectivity index (χ2n) is 5.32. The molecule has 7 nitrogen and oxygen atoms in total. The molecule has 0 amide bonds. The molecule has 0 radical (unpaired) electrons. The Bertz CT molecular complexity index is 498. The SMILES string of the molecule is CN/C=C\N(C)C/C=N/N(C)c1ccc(N(CCO)CCO)cc1. The highest BCUT2D eigenvalue weighted by molar-refractivity contribution is 5.63. The molecular weight excluding hydrogens is 306 g/mol. The Morgan fingerprint density at radius 3 is 2.17 bits per heavy atom. The van der Waals surface area contributed by atoms with Crippen LogP contribution in [0.5, 0.6) is 0 Å². The molecule has 0 saturated carbocycles. The summed E-state index contributed by atoms with van der Waals surface area (Å²) < 4.78 is 0. The number of rotatable bonds is 11. The van der Waals surface area contributed by atoms with E-state index >= 15 is 0 Å². The van der Waals surface area contributed by atoms with Crippen LogP contribution in [0.25, 0.3) is 0 Å². The van der Waals surface area contributed by atoms with Gasteiger partial charge in [-0.2, -0.15) is 5.10 Å². The Morgan fingerprint density at radius 2 is 1.62 bits per heavy atom. The zero-order valence-electron chi connectivity index (χ0n) is 14.8. The maximum Gasteiger partial charge on any atom is 0.0606 e. The van der Waals surface area contributed by atoms with Crippen LogP contribution in [0.3, 0.4) is 0 Å². The molecule has 0 spiro atoms. The molecular formula is C17H29N5O2. The minimum absolute atomic E-state index is 0.0570. The molecule has 0 saturated heterocycles. The molecule has 0 fully saturated rings. The minimum Gasteiger partial charge on any atom is -0.395 e. The fraction of sp³-hybridized carbons (Fsp3) is 0.471. The fourth-order valence-corrected chi connectivity index (χ4v) is 2.11. The highest BCUT2D eigenvalue weighted by Gasteiger charge is 2.06. The van der Waals surface area contributed by atoms with Crippen LogP contribution < -0.4 is 15.2 Å². The number of benzene rings is 1. The quantitative estimate of drug-likeness (QED) is 0.404. The van der Waals surface area contributed by atoms with Crippen LogP contribution in [-0.2, 0) is 0 Å². The summed E-state index contributed by atoms with van der Waals surface area (Å²) in [5, 5.41) is 27.4. The number of aliphatic hydroxyl groups excluding tert-OH is 2. The third-order valence-corrected chi connectivity index (χ3v) is 3.45. The van der Waals surface area contributed by atoms with Crippen molar-refractivity contribution < 1.29 is 10.2 Å². The number of aliphatic hydroxyl groups is 2. The summed E-state index contributed by atoms with van der Waals surface area (Å²) in [5.41, 5.74) is 1.94. The minimum atomic E-state index is 0.0570. The summed E-state index contributed by atoms with van der Waals surface area (Å²) in [6.45, 7) is 1.82. The van der Waals surface area contributed by atoms with Gasteiger partial charge in [-0.15, -0.1) is 0 Å². The first-order valence-corrected chi connectivity index (χ1v) is 7.99. The van der Waals surface area contributed by atoms with Gasteiger partial charge in [0.15, 0.2) is 0 Å². The molecule has 0 aliphatic heterocycles. The number of nitrogens with one attached hydrogen (secondary N) is 1. The summed E-state index contributed by atoms with van der Waals surface area (Å²) in [6.07, 6.45) is 5.65. The van der Waals surface area contributed by atoms with Gasteiger partial charge in [-0.3, -0.25) is 5.01 Å². The number of hydrogen-bond acceptors (Lipinski definition) is 7. The van der Waals surface area contributed by atoms with Gasteiger partial charge in [0, 0.05) is 58.5 Å². The van der Waals surface area contributed by atoms with Crippen molar-refractivity contribution in [1.82, 2.24) is 10.2 Å². The van der Waals surface area contributed by atoms with Crippen LogP contribution in [0.4, 0.5) is 11.4 Å². The molecule has 3 N–H and O–H groups in total. The van der Waals surface area contributed by atoms with Crippen molar-refractivity contribution in [1.29, 1.82) is 0 Å². The number of hydrazone groups is 1. The first kappa shape index (κ1) is 19.8. The van der Waals surface area contributed by atoms with Crippen LogP contribution >= 0.6 is 0 Å². The highest BCUT2D eigenvalue weighted by atomic mass is 16.3. The van der Waals surface area contributed by atoms with Gasteiger partial charge in [0.25, 0.3) is 0 Å². The lowest BCUT2D eigenvalue weighted by Crippen LogP contribution is -2.29. The van der Waals surface area contributed by atoms with Gasteiger partial charge in [-0.05, 0) is 24.3 Å². The molecule has 0 atom stereocenters. The molecule has 7 heteroatoms. The number of anilines is 2. The van der Waals surface area contributed by atoms with Crippen LogP contribution in [0.15, 0.2) is 41.8 Å². The third-order valence-electron chi connectivity index (χ3n) is 3.45. The van der Waals surface area contributed by atoms with Gasteiger partial charge in [-0.1, -0.05) is 0 Å². The normalized spacial score (nSPS) is 11.2. The predicted octanol–water partition coefficient (Wildman–Crippen LogP) is 0.522. The van der Waals surface area contributed by atoms with E-state index < -0.39 is 0 Å². The smallest absolute Gasteiger partial charge is 0.0606 e. The fourth-order valence-electron chi connectivity index (χ4n) is 2.11. The second kappa shape index (κ2) is 11.3. The highest BCUT2D eigenvalue weighted by Crippen LogP contribution is 2.20. The van der Waals surface area contributed by atoms with Crippen LogP contribution in [0.1, 0.15) is 0 Å². The lowest BCUT2D eigenvalue weighted by molar-refractivity contribution is 0.281. The van der Waals surface area contributed by atoms with E-state index in [9.17, 15) is 0 Å². The van der Waals surface area contributed by atoms with E-state index in [2.05, 4.69) is 10.4 Å². The molecule has 0 heterocycles. The molecule has 1 aromatic rings. The van der Waals surface area contributed by atoms with Crippen molar-refractivity contribution in [2.24, 2.45) is 5.10 Å². The molecule has 134 valence electrons.